The zero-order chi connectivity index (χ0) is 19.4. The number of hydrogen-bond acceptors (Lipinski definition) is 6. The first kappa shape index (κ1) is 20.6. The first-order valence-corrected chi connectivity index (χ1v) is 12.1. The lowest BCUT2D eigenvalue weighted by molar-refractivity contribution is 0.103. The van der Waals surface area contributed by atoms with Crippen molar-refractivity contribution in [1.82, 2.24) is 4.72 Å². The minimum absolute atomic E-state index is 0.0187. The molecule has 2 rings (SSSR count). The van der Waals surface area contributed by atoms with Gasteiger partial charge in [-0.1, -0.05) is 6.92 Å². The Morgan fingerprint density at radius 2 is 1.69 bits per heavy atom. The van der Waals surface area contributed by atoms with E-state index >= 15 is 0 Å². The highest BCUT2D eigenvalue weighted by Gasteiger charge is 2.13. The van der Waals surface area contributed by atoms with E-state index in [1.165, 1.54) is 23.5 Å². The molecule has 10 heteroatoms. The Morgan fingerprint density at radius 1 is 1.04 bits per heavy atom. The van der Waals surface area contributed by atoms with Gasteiger partial charge in [0.25, 0.3) is 5.91 Å². The van der Waals surface area contributed by atoms with Gasteiger partial charge in [0.2, 0.25) is 10.0 Å². The predicted molar refractivity (Wildman–Crippen MR) is 103 cm³/mol. The summed E-state index contributed by atoms with van der Waals surface area (Å²) in [4.78, 5) is 13.9. The number of amides is 1. The lowest BCUT2D eigenvalue weighted by Gasteiger charge is -2.05. The van der Waals surface area contributed by atoms with Gasteiger partial charge in [0.15, 0.2) is 9.84 Å². The molecule has 2 aromatic rings. The molecule has 1 amide bonds. The van der Waals surface area contributed by atoms with Crippen LogP contribution in [0.3, 0.4) is 0 Å². The fraction of sp³-hybridized carbons (Fsp3) is 0.312. The first-order chi connectivity index (χ1) is 12.1. The zero-order valence-corrected chi connectivity index (χ0v) is 16.8. The Balaban J connectivity index is 1.98. The van der Waals surface area contributed by atoms with Crippen LogP contribution >= 0.6 is 11.3 Å². The Morgan fingerprint density at radius 3 is 2.27 bits per heavy atom. The largest absolute Gasteiger partial charge is 0.321 e. The van der Waals surface area contributed by atoms with Gasteiger partial charge in [-0.2, -0.15) is 0 Å². The summed E-state index contributed by atoms with van der Waals surface area (Å²) in [6.45, 7) is 1.85. The quantitative estimate of drug-likeness (QED) is 0.683. The average Bonchev–Trinajstić information content (AvgIpc) is 3.03. The van der Waals surface area contributed by atoms with Crippen molar-refractivity contribution in [1.29, 1.82) is 0 Å². The van der Waals surface area contributed by atoms with Gasteiger partial charge in [-0.05, 0) is 42.8 Å². The van der Waals surface area contributed by atoms with Crippen molar-refractivity contribution in [2.45, 2.75) is 18.2 Å². The van der Waals surface area contributed by atoms with E-state index in [1.54, 1.807) is 31.2 Å². The highest BCUT2D eigenvalue weighted by molar-refractivity contribution is 7.91. The molecule has 26 heavy (non-hydrogen) atoms. The molecule has 0 saturated carbocycles. The van der Waals surface area contributed by atoms with Crippen molar-refractivity contribution in [3.05, 3.63) is 46.2 Å². The monoisotopic (exact) mass is 416 g/mol. The van der Waals surface area contributed by atoms with Crippen molar-refractivity contribution < 1.29 is 21.6 Å². The number of thiophene rings is 1. The molecule has 0 aliphatic carbocycles. The van der Waals surface area contributed by atoms with Gasteiger partial charge >= 0.3 is 0 Å². The van der Waals surface area contributed by atoms with E-state index in [4.69, 9.17) is 0 Å². The van der Waals surface area contributed by atoms with E-state index in [-0.39, 0.29) is 23.1 Å². The molecule has 1 aromatic carbocycles. The summed E-state index contributed by atoms with van der Waals surface area (Å²) in [5.41, 5.74) is 0.499. The van der Waals surface area contributed by atoms with Crippen molar-refractivity contribution >= 4 is 42.8 Å². The Bertz CT molecular complexity index is 977. The number of carbonyl (C=O) groups excluding carboxylic acids is 1. The van der Waals surface area contributed by atoms with Crippen LogP contribution in [-0.4, -0.2) is 41.3 Å². The standard InChI is InChI=1S/C16H20N2O5S3/c1-3-26(22,23)14-7-4-12(5-8-14)18-16(19)15-9-6-13(24-15)10-11-17-25(2,20)21/h4-9,17H,3,10-11H2,1-2H3,(H,18,19). The number of sulfonamides is 1. The van der Waals surface area contributed by atoms with E-state index in [2.05, 4.69) is 10.0 Å². The van der Waals surface area contributed by atoms with E-state index in [0.29, 0.717) is 17.0 Å². The van der Waals surface area contributed by atoms with Crippen LogP contribution in [0, 0.1) is 0 Å². The second-order valence-corrected chi connectivity index (χ2v) is 10.8. The predicted octanol–water partition coefficient (Wildman–Crippen LogP) is 1.89. The third-order valence-electron chi connectivity index (χ3n) is 3.47. The number of nitrogens with one attached hydrogen (secondary N) is 2. The molecular weight excluding hydrogens is 396 g/mol. The van der Waals surface area contributed by atoms with Gasteiger partial charge in [0.1, 0.15) is 0 Å². The Labute approximate surface area is 157 Å². The molecule has 0 spiro atoms. The fourth-order valence-electron chi connectivity index (χ4n) is 2.10. The highest BCUT2D eigenvalue weighted by Crippen LogP contribution is 2.20. The molecule has 142 valence electrons. The van der Waals surface area contributed by atoms with Crippen LogP contribution in [0.15, 0.2) is 41.3 Å². The summed E-state index contributed by atoms with van der Waals surface area (Å²) < 4.78 is 48.0. The minimum Gasteiger partial charge on any atom is -0.321 e. The number of sulfone groups is 1. The van der Waals surface area contributed by atoms with Crippen LogP contribution in [0.2, 0.25) is 0 Å². The molecule has 0 unspecified atom stereocenters. The SMILES string of the molecule is CCS(=O)(=O)c1ccc(NC(=O)c2ccc(CCNS(C)(=O)=O)s2)cc1. The van der Waals surface area contributed by atoms with E-state index in [0.717, 1.165) is 11.1 Å². The van der Waals surface area contributed by atoms with Gasteiger partial charge in [-0.25, -0.2) is 21.6 Å². The fourth-order valence-corrected chi connectivity index (χ4v) is 4.36. The van der Waals surface area contributed by atoms with Gasteiger partial charge in [-0.15, -0.1) is 11.3 Å². The van der Waals surface area contributed by atoms with Gasteiger partial charge in [0.05, 0.1) is 21.8 Å². The van der Waals surface area contributed by atoms with Crippen molar-refractivity contribution in [3.63, 3.8) is 0 Å². The summed E-state index contributed by atoms with van der Waals surface area (Å²) in [6, 6.07) is 9.47. The highest BCUT2D eigenvalue weighted by atomic mass is 32.2. The molecule has 7 nitrogen and oxygen atoms in total. The van der Waals surface area contributed by atoms with Crippen LogP contribution in [0.25, 0.3) is 0 Å². The van der Waals surface area contributed by atoms with Gasteiger partial charge in [-0.3, -0.25) is 4.79 Å². The molecule has 1 aromatic heterocycles. The molecule has 0 fully saturated rings. The molecule has 0 atom stereocenters. The van der Waals surface area contributed by atoms with Crippen LogP contribution in [0.1, 0.15) is 21.5 Å². The first-order valence-electron chi connectivity index (χ1n) is 7.78. The van der Waals surface area contributed by atoms with Crippen LogP contribution in [0.5, 0.6) is 0 Å². The van der Waals surface area contributed by atoms with Crippen LogP contribution in [-0.2, 0) is 26.3 Å². The maximum atomic E-state index is 12.3. The van der Waals surface area contributed by atoms with E-state index < -0.39 is 19.9 Å². The maximum Gasteiger partial charge on any atom is 0.265 e. The number of hydrogen-bond donors (Lipinski definition) is 2. The van der Waals surface area contributed by atoms with Crippen LogP contribution < -0.4 is 10.0 Å². The molecule has 0 aliphatic rings. The molecule has 0 bridgehead atoms. The summed E-state index contributed by atoms with van der Waals surface area (Å²) in [7, 11) is -6.50. The maximum absolute atomic E-state index is 12.3. The van der Waals surface area contributed by atoms with Crippen LogP contribution in [0.4, 0.5) is 5.69 Å². The number of benzene rings is 1. The second-order valence-electron chi connectivity index (χ2n) is 5.56. The minimum atomic E-state index is -3.27. The smallest absolute Gasteiger partial charge is 0.265 e. The molecule has 2 N–H and O–H groups in total. The van der Waals surface area contributed by atoms with E-state index in [9.17, 15) is 21.6 Å². The van der Waals surface area contributed by atoms with Gasteiger partial charge < -0.3 is 5.32 Å². The Hall–Kier alpha value is -1.75. The topological polar surface area (TPSA) is 109 Å². The third kappa shape index (κ3) is 5.90. The molecule has 0 saturated heterocycles. The third-order valence-corrected chi connectivity index (χ3v) is 7.10. The number of rotatable bonds is 8. The van der Waals surface area contributed by atoms with Crippen molar-refractivity contribution in [2.24, 2.45) is 0 Å². The van der Waals surface area contributed by atoms with Crippen molar-refractivity contribution in [3.8, 4) is 0 Å². The average molecular weight is 417 g/mol. The number of anilines is 1. The molecule has 0 radical (unpaired) electrons. The summed E-state index contributed by atoms with van der Waals surface area (Å²) >= 11 is 1.28. The Kier molecular flexibility index (Phi) is 6.56. The zero-order valence-electron chi connectivity index (χ0n) is 14.4. The van der Waals surface area contributed by atoms with Crippen molar-refractivity contribution in [2.75, 3.05) is 23.9 Å². The molecule has 0 aliphatic heterocycles. The lowest BCUT2D eigenvalue weighted by atomic mass is 10.3. The molecule has 1 heterocycles. The van der Waals surface area contributed by atoms with E-state index in [1.807, 2.05) is 0 Å². The molecular formula is C16H20N2O5S3. The summed E-state index contributed by atoms with van der Waals surface area (Å²) in [6.07, 6.45) is 1.59. The number of carbonyl (C=O) groups is 1. The lowest BCUT2D eigenvalue weighted by Crippen LogP contribution is -2.24. The van der Waals surface area contributed by atoms with Gasteiger partial charge in [0, 0.05) is 17.1 Å². The summed E-state index contributed by atoms with van der Waals surface area (Å²) in [5.74, 6) is -0.284. The second kappa shape index (κ2) is 8.30. The summed E-state index contributed by atoms with van der Waals surface area (Å²) in [5, 5.41) is 2.71. The normalized spacial score (nSPS) is 12.1.